The van der Waals surface area contributed by atoms with Gasteiger partial charge in [-0.25, -0.2) is 0 Å². The van der Waals surface area contributed by atoms with Gasteiger partial charge in [0.2, 0.25) is 11.8 Å². The van der Waals surface area contributed by atoms with E-state index in [1.807, 2.05) is 43.3 Å². The van der Waals surface area contributed by atoms with Gasteiger partial charge < -0.3 is 19.0 Å². The van der Waals surface area contributed by atoms with Gasteiger partial charge in [0.05, 0.1) is 36.9 Å². The van der Waals surface area contributed by atoms with Gasteiger partial charge in [-0.3, -0.25) is 14.4 Å². The molecule has 0 spiro atoms. The molecule has 210 valence electrons. The molecule has 1 aromatic heterocycles. The quantitative estimate of drug-likeness (QED) is 0.215. The molecule has 2 amide bonds. The molecule has 3 aromatic rings. The first kappa shape index (κ1) is 30.1. The summed E-state index contributed by atoms with van der Waals surface area (Å²) in [6.45, 7) is 5.13. The molecule has 0 saturated heterocycles. The average Bonchev–Trinajstić information content (AvgIpc) is 2.94. The van der Waals surface area contributed by atoms with Crippen molar-refractivity contribution in [3.05, 3.63) is 81.7 Å². The second-order valence-electron chi connectivity index (χ2n) is 10.2. The van der Waals surface area contributed by atoms with Crippen molar-refractivity contribution < 1.29 is 18.7 Å². The maximum absolute atomic E-state index is 13.7. The number of aryl methyl sites for hydroxylation is 1. The number of fused-ring (bicyclic) bond motifs is 1. The van der Waals surface area contributed by atoms with Crippen molar-refractivity contribution in [1.29, 1.82) is 0 Å². The first-order valence-corrected chi connectivity index (χ1v) is 14.0. The molecule has 7 nitrogen and oxygen atoms in total. The van der Waals surface area contributed by atoms with Crippen molar-refractivity contribution >= 4 is 22.8 Å². The largest absolute Gasteiger partial charge is 0.464 e. The molecule has 39 heavy (non-hydrogen) atoms. The lowest BCUT2D eigenvalue weighted by Gasteiger charge is -2.28. The SMILES string of the molecule is CCCCCCCCC(=O)N(CCOC)CC(=O)N(Cc1ccccc1)Cc1coc2ccc(C)cc2c1=O. The number of methoxy groups -OCH3 is 1. The lowest BCUT2D eigenvalue weighted by atomic mass is 10.1. The van der Waals surface area contributed by atoms with Crippen LogP contribution < -0.4 is 5.43 Å². The van der Waals surface area contributed by atoms with Crippen LogP contribution >= 0.6 is 0 Å². The van der Waals surface area contributed by atoms with E-state index in [2.05, 4.69) is 6.92 Å². The molecule has 2 aromatic carbocycles. The number of amides is 2. The van der Waals surface area contributed by atoms with Crippen LogP contribution in [-0.2, 0) is 27.4 Å². The van der Waals surface area contributed by atoms with E-state index < -0.39 is 0 Å². The van der Waals surface area contributed by atoms with Crippen LogP contribution in [0.3, 0.4) is 0 Å². The van der Waals surface area contributed by atoms with Crippen LogP contribution in [-0.4, -0.2) is 48.4 Å². The van der Waals surface area contributed by atoms with Gasteiger partial charge in [-0.15, -0.1) is 0 Å². The van der Waals surface area contributed by atoms with Crippen molar-refractivity contribution in [2.45, 2.75) is 71.9 Å². The van der Waals surface area contributed by atoms with E-state index in [0.29, 0.717) is 42.6 Å². The molecule has 0 saturated carbocycles. The van der Waals surface area contributed by atoms with E-state index in [-0.39, 0.29) is 30.3 Å². The van der Waals surface area contributed by atoms with Crippen LogP contribution in [0, 0.1) is 6.92 Å². The Hall–Kier alpha value is -3.45. The highest BCUT2D eigenvalue weighted by Gasteiger charge is 2.23. The molecule has 0 aliphatic rings. The summed E-state index contributed by atoms with van der Waals surface area (Å²) in [6.07, 6.45) is 8.39. The minimum Gasteiger partial charge on any atom is -0.464 e. The number of ether oxygens (including phenoxy) is 1. The Labute approximate surface area is 231 Å². The van der Waals surface area contributed by atoms with E-state index in [0.717, 1.165) is 30.4 Å². The maximum Gasteiger partial charge on any atom is 0.242 e. The van der Waals surface area contributed by atoms with Crippen LogP contribution in [0.15, 0.2) is 64.0 Å². The second-order valence-corrected chi connectivity index (χ2v) is 10.2. The van der Waals surface area contributed by atoms with Crippen molar-refractivity contribution in [3.8, 4) is 0 Å². The van der Waals surface area contributed by atoms with Crippen LogP contribution in [0.1, 0.15) is 68.6 Å². The smallest absolute Gasteiger partial charge is 0.242 e. The first-order chi connectivity index (χ1) is 18.9. The summed E-state index contributed by atoms with van der Waals surface area (Å²) in [5.74, 6) is -0.272. The monoisotopic (exact) mass is 534 g/mol. The minimum absolute atomic E-state index is 0.0451. The summed E-state index contributed by atoms with van der Waals surface area (Å²) in [5.41, 5.74) is 2.66. The Morgan fingerprint density at radius 2 is 1.64 bits per heavy atom. The summed E-state index contributed by atoms with van der Waals surface area (Å²) < 4.78 is 11.0. The summed E-state index contributed by atoms with van der Waals surface area (Å²) in [7, 11) is 1.58. The highest BCUT2D eigenvalue weighted by molar-refractivity contribution is 5.85. The molecule has 1 heterocycles. The van der Waals surface area contributed by atoms with Gasteiger partial charge >= 0.3 is 0 Å². The number of hydrogen-bond donors (Lipinski definition) is 0. The fourth-order valence-corrected chi connectivity index (χ4v) is 4.61. The van der Waals surface area contributed by atoms with Gasteiger partial charge in [0.15, 0.2) is 5.43 Å². The predicted molar refractivity (Wildman–Crippen MR) is 154 cm³/mol. The molecular formula is C32H42N2O5. The lowest BCUT2D eigenvalue weighted by molar-refractivity contribution is -0.141. The van der Waals surface area contributed by atoms with Gasteiger partial charge in [-0.2, -0.15) is 0 Å². The molecule has 0 bridgehead atoms. The van der Waals surface area contributed by atoms with Crippen LogP contribution in [0.25, 0.3) is 11.0 Å². The summed E-state index contributed by atoms with van der Waals surface area (Å²) >= 11 is 0. The summed E-state index contributed by atoms with van der Waals surface area (Å²) in [4.78, 5) is 43.3. The second kappa shape index (κ2) is 15.8. The Morgan fingerprint density at radius 1 is 0.897 bits per heavy atom. The molecule has 0 aliphatic carbocycles. The zero-order chi connectivity index (χ0) is 28.0. The van der Waals surface area contributed by atoms with Crippen LogP contribution in [0.4, 0.5) is 0 Å². The Balaban J connectivity index is 1.77. The molecule has 0 N–H and O–H groups in total. The minimum atomic E-state index is -0.227. The molecule has 0 radical (unpaired) electrons. The van der Waals surface area contributed by atoms with Crippen LogP contribution in [0.5, 0.6) is 0 Å². The third kappa shape index (κ3) is 9.36. The van der Waals surface area contributed by atoms with Gasteiger partial charge in [0.1, 0.15) is 5.58 Å². The number of benzene rings is 2. The zero-order valence-electron chi connectivity index (χ0n) is 23.6. The summed E-state index contributed by atoms with van der Waals surface area (Å²) in [6, 6.07) is 15.1. The van der Waals surface area contributed by atoms with E-state index >= 15 is 0 Å². The fraction of sp³-hybridized carbons (Fsp3) is 0.469. The maximum atomic E-state index is 13.7. The Morgan fingerprint density at radius 3 is 2.38 bits per heavy atom. The van der Waals surface area contributed by atoms with E-state index in [9.17, 15) is 14.4 Å². The number of carbonyl (C=O) groups is 2. The Bertz CT molecular complexity index is 1250. The number of unbranched alkanes of at least 4 members (excludes halogenated alkanes) is 5. The fourth-order valence-electron chi connectivity index (χ4n) is 4.61. The third-order valence-electron chi connectivity index (χ3n) is 6.92. The van der Waals surface area contributed by atoms with E-state index in [1.165, 1.54) is 25.5 Å². The number of hydrogen-bond acceptors (Lipinski definition) is 5. The number of nitrogens with zero attached hydrogens (tertiary/aromatic N) is 2. The molecule has 7 heteroatoms. The van der Waals surface area contributed by atoms with Crippen molar-refractivity contribution in [3.63, 3.8) is 0 Å². The highest BCUT2D eigenvalue weighted by atomic mass is 16.5. The van der Waals surface area contributed by atoms with Gasteiger partial charge in [-0.1, -0.05) is 81.0 Å². The predicted octanol–water partition coefficient (Wildman–Crippen LogP) is 5.86. The molecule has 0 aliphatic heterocycles. The Kier molecular flexibility index (Phi) is 12.2. The average molecular weight is 535 g/mol. The van der Waals surface area contributed by atoms with Gasteiger partial charge in [0.25, 0.3) is 0 Å². The highest BCUT2D eigenvalue weighted by Crippen LogP contribution is 2.16. The van der Waals surface area contributed by atoms with Crippen molar-refractivity contribution in [2.24, 2.45) is 0 Å². The van der Waals surface area contributed by atoms with Crippen molar-refractivity contribution in [2.75, 3.05) is 26.8 Å². The third-order valence-corrected chi connectivity index (χ3v) is 6.92. The van der Waals surface area contributed by atoms with Crippen molar-refractivity contribution in [1.82, 2.24) is 9.80 Å². The zero-order valence-corrected chi connectivity index (χ0v) is 23.6. The van der Waals surface area contributed by atoms with E-state index in [1.54, 1.807) is 29.0 Å². The van der Waals surface area contributed by atoms with Crippen LogP contribution in [0.2, 0.25) is 0 Å². The summed E-state index contributed by atoms with van der Waals surface area (Å²) in [5, 5.41) is 0.496. The lowest BCUT2D eigenvalue weighted by Crippen LogP contribution is -2.44. The molecule has 0 atom stereocenters. The standard InChI is InChI=1S/C32H42N2O5/c1-4-5-6-7-8-12-15-30(35)33(18-19-38-3)23-31(36)34(21-26-13-10-9-11-14-26)22-27-24-39-29-17-16-25(2)20-28(29)32(27)37/h9-11,13-14,16-17,20,24H,4-8,12,15,18-19,21-23H2,1-3H3. The molecule has 3 rings (SSSR count). The van der Waals surface area contributed by atoms with E-state index in [4.69, 9.17) is 9.15 Å². The normalized spacial score (nSPS) is 11.1. The first-order valence-electron chi connectivity index (χ1n) is 14.0. The van der Waals surface area contributed by atoms with Gasteiger partial charge in [-0.05, 0) is 31.0 Å². The topological polar surface area (TPSA) is 80.1 Å². The molecule has 0 fully saturated rings. The number of carbonyl (C=O) groups excluding carboxylic acids is 2. The van der Waals surface area contributed by atoms with Gasteiger partial charge in [0, 0.05) is 26.6 Å². The molecule has 0 unspecified atom stereocenters. The molecular weight excluding hydrogens is 492 g/mol. The number of rotatable bonds is 16.